The molecule has 1 saturated heterocycles. The van der Waals surface area contributed by atoms with Crippen LogP contribution in [0.3, 0.4) is 0 Å². The maximum Gasteiger partial charge on any atom is 0.334 e. The van der Waals surface area contributed by atoms with Crippen molar-refractivity contribution in [2.24, 2.45) is 0 Å². The minimum atomic E-state index is -1.09. The zero-order valence-corrected chi connectivity index (χ0v) is 13.3. The van der Waals surface area contributed by atoms with Gasteiger partial charge in [-0.3, -0.25) is 4.79 Å². The Labute approximate surface area is 137 Å². The van der Waals surface area contributed by atoms with Crippen molar-refractivity contribution < 1.29 is 24.2 Å². The van der Waals surface area contributed by atoms with Gasteiger partial charge in [-0.05, 0) is 19.1 Å². The number of carboxylic acid groups (broad SMARTS) is 1. The summed E-state index contributed by atoms with van der Waals surface area (Å²) >= 11 is 11.7. The van der Waals surface area contributed by atoms with Crippen LogP contribution in [0, 0.1) is 0 Å². The van der Waals surface area contributed by atoms with Gasteiger partial charge in [-0.1, -0.05) is 23.2 Å². The molecule has 2 rings (SSSR count). The quantitative estimate of drug-likeness (QED) is 0.902. The SMILES string of the molecule is C[C@@H]1CN(C(=O)COc2ccc(Cl)c(Cl)c2)CC(C(=O)O)O1. The number of aliphatic carboxylic acids is 1. The third-order valence-electron chi connectivity index (χ3n) is 3.14. The summed E-state index contributed by atoms with van der Waals surface area (Å²) < 4.78 is 10.6. The lowest BCUT2D eigenvalue weighted by atomic mass is 10.2. The van der Waals surface area contributed by atoms with Gasteiger partial charge in [0.15, 0.2) is 12.7 Å². The predicted molar refractivity (Wildman–Crippen MR) is 80.5 cm³/mol. The molecule has 1 unspecified atom stereocenters. The maximum atomic E-state index is 12.1. The topological polar surface area (TPSA) is 76.1 Å². The van der Waals surface area contributed by atoms with Crippen molar-refractivity contribution in [2.75, 3.05) is 19.7 Å². The van der Waals surface area contributed by atoms with E-state index < -0.39 is 12.1 Å². The Morgan fingerprint density at radius 2 is 2.09 bits per heavy atom. The number of rotatable bonds is 4. The van der Waals surface area contributed by atoms with E-state index in [1.54, 1.807) is 19.1 Å². The molecule has 1 aliphatic heterocycles. The van der Waals surface area contributed by atoms with Gasteiger partial charge in [0, 0.05) is 12.6 Å². The molecule has 120 valence electrons. The molecule has 0 aliphatic carbocycles. The highest BCUT2D eigenvalue weighted by Gasteiger charge is 2.32. The highest BCUT2D eigenvalue weighted by Crippen LogP contribution is 2.26. The number of ether oxygens (including phenoxy) is 2. The van der Waals surface area contributed by atoms with Crippen molar-refractivity contribution >= 4 is 35.1 Å². The van der Waals surface area contributed by atoms with Crippen LogP contribution >= 0.6 is 23.2 Å². The predicted octanol–water partition coefficient (Wildman–Crippen LogP) is 2.07. The van der Waals surface area contributed by atoms with Gasteiger partial charge in [0.2, 0.25) is 0 Å². The van der Waals surface area contributed by atoms with Gasteiger partial charge in [0.05, 0.1) is 22.7 Å². The van der Waals surface area contributed by atoms with Crippen LogP contribution in [-0.4, -0.2) is 53.8 Å². The van der Waals surface area contributed by atoms with Crippen molar-refractivity contribution in [1.29, 1.82) is 0 Å². The van der Waals surface area contributed by atoms with Crippen LogP contribution in [0.25, 0.3) is 0 Å². The number of hydrogen-bond donors (Lipinski definition) is 1. The Kier molecular flexibility index (Phi) is 5.50. The highest BCUT2D eigenvalue weighted by molar-refractivity contribution is 6.42. The van der Waals surface area contributed by atoms with Gasteiger partial charge in [-0.25, -0.2) is 4.79 Å². The van der Waals surface area contributed by atoms with Crippen LogP contribution in [0.1, 0.15) is 6.92 Å². The summed E-state index contributed by atoms with van der Waals surface area (Å²) in [6, 6.07) is 4.68. The van der Waals surface area contributed by atoms with Crippen molar-refractivity contribution in [3.05, 3.63) is 28.2 Å². The Morgan fingerprint density at radius 1 is 1.36 bits per heavy atom. The summed E-state index contributed by atoms with van der Waals surface area (Å²) in [4.78, 5) is 24.5. The smallest absolute Gasteiger partial charge is 0.334 e. The van der Waals surface area contributed by atoms with Gasteiger partial charge in [-0.15, -0.1) is 0 Å². The van der Waals surface area contributed by atoms with Crippen LogP contribution in [0.4, 0.5) is 0 Å². The lowest BCUT2D eigenvalue weighted by molar-refractivity contribution is -0.167. The largest absolute Gasteiger partial charge is 0.484 e. The van der Waals surface area contributed by atoms with E-state index in [0.29, 0.717) is 22.3 Å². The van der Waals surface area contributed by atoms with E-state index in [2.05, 4.69) is 0 Å². The van der Waals surface area contributed by atoms with Gasteiger partial charge in [-0.2, -0.15) is 0 Å². The lowest BCUT2D eigenvalue weighted by Gasteiger charge is -2.34. The molecule has 1 aromatic carbocycles. The lowest BCUT2D eigenvalue weighted by Crippen LogP contribution is -2.52. The zero-order valence-electron chi connectivity index (χ0n) is 11.8. The Bertz CT molecular complexity index is 580. The first-order valence-electron chi connectivity index (χ1n) is 6.60. The van der Waals surface area contributed by atoms with Crippen molar-refractivity contribution in [3.8, 4) is 5.75 Å². The van der Waals surface area contributed by atoms with Crippen LogP contribution in [0.5, 0.6) is 5.75 Å². The van der Waals surface area contributed by atoms with Crippen LogP contribution in [-0.2, 0) is 14.3 Å². The Hall–Kier alpha value is -1.50. The third kappa shape index (κ3) is 4.25. The number of halogens is 2. The average molecular weight is 348 g/mol. The average Bonchev–Trinajstić information content (AvgIpc) is 2.47. The summed E-state index contributed by atoms with van der Waals surface area (Å²) in [7, 11) is 0. The fourth-order valence-electron chi connectivity index (χ4n) is 2.09. The molecule has 1 amide bonds. The molecular formula is C14H15Cl2NO5. The van der Waals surface area contributed by atoms with E-state index in [1.165, 1.54) is 11.0 Å². The first kappa shape index (κ1) is 16.9. The van der Waals surface area contributed by atoms with Crippen molar-refractivity contribution in [1.82, 2.24) is 4.90 Å². The normalized spacial score (nSPS) is 21.5. The van der Waals surface area contributed by atoms with E-state index in [-0.39, 0.29) is 25.2 Å². The first-order valence-corrected chi connectivity index (χ1v) is 7.36. The number of carboxylic acids is 1. The van der Waals surface area contributed by atoms with E-state index in [9.17, 15) is 9.59 Å². The van der Waals surface area contributed by atoms with E-state index in [4.69, 9.17) is 37.8 Å². The molecular weight excluding hydrogens is 333 g/mol. The van der Waals surface area contributed by atoms with Gasteiger partial charge < -0.3 is 19.5 Å². The molecule has 2 atom stereocenters. The monoisotopic (exact) mass is 347 g/mol. The highest BCUT2D eigenvalue weighted by atomic mass is 35.5. The van der Waals surface area contributed by atoms with Gasteiger partial charge in [0.1, 0.15) is 5.75 Å². The number of hydrogen-bond acceptors (Lipinski definition) is 4. The molecule has 0 saturated carbocycles. The molecule has 0 radical (unpaired) electrons. The number of carbonyl (C=O) groups is 2. The molecule has 0 spiro atoms. The second-order valence-electron chi connectivity index (χ2n) is 4.94. The summed E-state index contributed by atoms with van der Waals surface area (Å²) in [6.07, 6.45) is -1.36. The second kappa shape index (κ2) is 7.17. The number of nitrogens with zero attached hydrogens (tertiary/aromatic N) is 1. The Morgan fingerprint density at radius 3 is 2.73 bits per heavy atom. The molecule has 1 aromatic rings. The molecule has 1 fully saturated rings. The van der Waals surface area contributed by atoms with Gasteiger partial charge in [0.25, 0.3) is 5.91 Å². The van der Waals surface area contributed by atoms with Crippen LogP contribution in [0.2, 0.25) is 10.0 Å². The summed E-state index contributed by atoms with van der Waals surface area (Å²) in [5, 5.41) is 9.72. The molecule has 1 N–H and O–H groups in total. The van der Waals surface area contributed by atoms with E-state index in [1.807, 2.05) is 0 Å². The summed E-state index contributed by atoms with van der Waals surface area (Å²) in [5.74, 6) is -0.985. The number of amides is 1. The minimum absolute atomic E-state index is 0.00321. The van der Waals surface area contributed by atoms with Crippen LogP contribution < -0.4 is 4.74 Å². The number of morpholine rings is 1. The molecule has 1 aliphatic rings. The second-order valence-corrected chi connectivity index (χ2v) is 5.75. The molecule has 22 heavy (non-hydrogen) atoms. The Balaban J connectivity index is 1.93. The summed E-state index contributed by atoms with van der Waals surface area (Å²) in [6.45, 7) is 1.84. The molecule has 0 aromatic heterocycles. The molecule has 1 heterocycles. The minimum Gasteiger partial charge on any atom is -0.484 e. The van der Waals surface area contributed by atoms with Crippen LogP contribution in [0.15, 0.2) is 18.2 Å². The standard InChI is InChI=1S/C14H15Cl2NO5/c1-8-5-17(6-12(22-8)14(19)20)13(18)7-21-9-2-3-10(15)11(16)4-9/h2-4,8,12H,5-7H2,1H3,(H,19,20)/t8-,12?/m1/s1. The fourth-order valence-corrected chi connectivity index (χ4v) is 2.38. The fraction of sp³-hybridized carbons (Fsp3) is 0.429. The number of carbonyl (C=O) groups excluding carboxylic acids is 1. The van der Waals surface area contributed by atoms with Crippen molar-refractivity contribution in [3.63, 3.8) is 0 Å². The van der Waals surface area contributed by atoms with E-state index in [0.717, 1.165) is 0 Å². The molecule has 6 nitrogen and oxygen atoms in total. The third-order valence-corrected chi connectivity index (χ3v) is 3.88. The van der Waals surface area contributed by atoms with Crippen molar-refractivity contribution in [2.45, 2.75) is 19.1 Å². The molecule has 8 heteroatoms. The summed E-state index contributed by atoms with van der Waals surface area (Å²) in [5.41, 5.74) is 0. The van der Waals surface area contributed by atoms with Gasteiger partial charge >= 0.3 is 5.97 Å². The first-order chi connectivity index (χ1) is 10.4. The van der Waals surface area contributed by atoms with E-state index >= 15 is 0 Å². The molecule has 0 bridgehead atoms. The number of benzene rings is 1. The maximum absolute atomic E-state index is 12.1. The zero-order chi connectivity index (χ0) is 16.3.